The molecule has 0 aromatic heterocycles. The van der Waals surface area contributed by atoms with Gasteiger partial charge < -0.3 is 9.84 Å². The number of aliphatic carboxylic acids is 1. The zero-order chi connectivity index (χ0) is 16.0. The molecule has 2 N–H and O–H groups in total. The van der Waals surface area contributed by atoms with E-state index in [1.807, 2.05) is 0 Å². The molecule has 0 spiro atoms. The minimum atomic E-state index is -3.63. The number of ether oxygens (including phenoxy) is 1. The maximum absolute atomic E-state index is 11.9. The van der Waals surface area contributed by atoms with Crippen LogP contribution in [0.25, 0.3) is 0 Å². The van der Waals surface area contributed by atoms with Gasteiger partial charge in [-0.05, 0) is 11.8 Å². The molecule has 0 heterocycles. The van der Waals surface area contributed by atoms with E-state index in [0.29, 0.717) is 0 Å². The van der Waals surface area contributed by atoms with Crippen molar-refractivity contribution >= 4 is 22.0 Å². The Morgan fingerprint density at radius 3 is 2.25 bits per heavy atom. The Morgan fingerprint density at radius 2 is 1.85 bits per heavy atom. The summed E-state index contributed by atoms with van der Waals surface area (Å²) in [4.78, 5) is 21.7. The molecular weight excluding hydrogens is 286 g/mol. The molecule has 1 atom stereocenters. The first-order chi connectivity index (χ1) is 8.98. The summed E-state index contributed by atoms with van der Waals surface area (Å²) in [5.74, 6) is -1.78. The summed E-state index contributed by atoms with van der Waals surface area (Å²) in [6.45, 7) is 5.28. The first kappa shape index (κ1) is 18.9. The summed E-state index contributed by atoms with van der Waals surface area (Å²) >= 11 is 0. The molecule has 0 fully saturated rings. The van der Waals surface area contributed by atoms with Crippen LogP contribution in [-0.4, -0.2) is 44.4 Å². The topological polar surface area (TPSA) is 110 Å². The summed E-state index contributed by atoms with van der Waals surface area (Å²) in [6, 6.07) is -0.705. The van der Waals surface area contributed by atoms with Crippen LogP contribution in [0.3, 0.4) is 0 Å². The number of carboxylic acids is 1. The Balaban J connectivity index is 4.60. The largest absolute Gasteiger partial charge is 0.481 e. The normalized spacial score (nSPS) is 13.8. The van der Waals surface area contributed by atoms with Crippen molar-refractivity contribution in [3.05, 3.63) is 0 Å². The Bertz CT molecular complexity index is 437. The van der Waals surface area contributed by atoms with Gasteiger partial charge in [0.25, 0.3) is 0 Å². The lowest BCUT2D eigenvalue weighted by molar-refractivity contribution is -0.140. The fraction of sp³-hybridized carbons (Fsp3) is 0.833. The maximum Gasteiger partial charge on any atom is 0.305 e. The van der Waals surface area contributed by atoms with Crippen molar-refractivity contribution in [2.75, 3.05) is 12.9 Å². The number of carbonyl (C=O) groups excluding carboxylic acids is 1. The number of rotatable bonds is 8. The number of esters is 1. The van der Waals surface area contributed by atoms with Crippen molar-refractivity contribution in [2.24, 2.45) is 5.41 Å². The number of hydrogen-bond acceptors (Lipinski definition) is 5. The lowest BCUT2D eigenvalue weighted by atomic mass is 9.85. The Morgan fingerprint density at radius 1 is 1.30 bits per heavy atom. The highest BCUT2D eigenvalue weighted by Gasteiger charge is 2.30. The van der Waals surface area contributed by atoms with Gasteiger partial charge in [0.15, 0.2) is 0 Å². The van der Waals surface area contributed by atoms with Gasteiger partial charge in [-0.1, -0.05) is 20.8 Å². The van der Waals surface area contributed by atoms with Gasteiger partial charge in [-0.15, -0.1) is 0 Å². The van der Waals surface area contributed by atoms with Crippen LogP contribution in [0.1, 0.15) is 40.0 Å². The van der Waals surface area contributed by atoms with Crippen LogP contribution in [0, 0.1) is 5.41 Å². The SMILES string of the molecule is COC(=O)CCCS(=O)(=O)NC(CC(=O)O)C(C)(C)C. The highest BCUT2D eigenvalue weighted by molar-refractivity contribution is 7.89. The van der Waals surface area contributed by atoms with E-state index in [0.717, 1.165) is 0 Å². The third-order valence-electron chi connectivity index (χ3n) is 2.77. The van der Waals surface area contributed by atoms with Gasteiger partial charge in [-0.2, -0.15) is 0 Å². The molecule has 0 saturated heterocycles. The van der Waals surface area contributed by atoms with Crippen molar-refractivity contribution in [2.45, 2.75) is 46.1 Å². The molecule has 20 heavy (non-hydrogen) atoms. The van der Waals surface area contributed by atoms with Crippen LogP contribution in [-0.2, 0) is 24.3 Å². The van der Waals surface area contributed by atoms with Crippen LogP contribution in [0.15, 0.2) is 0 Å². The standard InChI is InChI=1S/C12H23NO6S/c1-12(2,3)9(8-10(14)15)13-20(17,18)7-5-6-11(16)19-4/h9,13H,5-8H2,1-4H3,(H,14,15). The average Bonchev–Trinajstić information content (AvgIpc) is 2.25. The van der Waals surface area contributed by atoms with Gasteiger partial charge in [-0.25, -0.2) is 13.1 Å². The quantitative estimate of drug-likeness (QED) is 0.640. The van der Waals surface area contributed by atoms with Crippen LogP contribution in [0.4, 0.5) is 0 Å². The molecule has 118 valence electrons. The summed E-state index contributed by atoms with van der Waals surface area (Å²) < 4.78 is 30.6. The van der Waals surface area contributed by atoms with Crippen molar-refractivity contribution < 1.29 is 27.9 Å². The van der Waals surface area contributed by atoms with Gasteiger partial charge >= 0.3 is 11.9 Å². The van der Waals surface area contributed by atoms with E-state index in [1.165, 1.54) is 7.11 Å². The van der Waals surface area contributed by atoms with Crippen LogP contribution < -0.4 is 4.72 Å². The van der Waals surface area contributed by atoms with E-state index in [2.05, 4.69) is 9.46 Å². The van der Waals surface area contributed by atoms with E-state index in [4.69, 9.17) is 5.11 Å². The summed E-state index contributed by atoms with van der Waals surface area (Å²) in [5, 5.41) is 8.83. The molecule has 0 radical (unpaired) electrons. The lowest BCUT2D eigenvalue weighted by Gasteiger charge is -2.30. The molecule has 0 aliphatic heterocycles. The zero-order valence-corrected chi connectivity index (χ0v) is 13.1. The van der Waals surface area contributed by atoms with Crippen molar-refractivity contribution in [1.29, 1.82) is 0 Å². The molecule has 0 aliphatic rings. The number of carbonyl (C=O) groups is 2. The highest BCUT2D eigenvalue weighted by Crippen LogP contribution is 2.22. The molecular formula is C12H23NO6S. The van der Waals surface area contributed by atoms with Crippen LogP contribution >= 0.6 is 0 Å². The molecule has 0 aromatic rings. The van der Waals surface area contributed by atoms with Gasteiger partial charge in [0.05, 0.1) is 19.3 Å². The van der Waals surface area contributed by atoms with E-state index in [-0.39, 0.29) is 25.0 Å². The molecule has 0 bridgehead atoms. The summed E-state index contributed by atoms with van der Waals surface area (Å²) in [6.07, 6.45) is -0.151. The third kappa shape index (κ3) is 8.11. The monoisotopic (exact) mass is 309 g/mol. The van der Waals surface area contributed by atoms with Gasteiger partial charge in [0, 0.05) is 12.5 Å². The number of hydrogen-bond donors (Lipinski definition) is 2. The Kier molecular flexibility index (Phi) is 7.15. The predicted octanol–water partition coefficient (Wildman–Crippen LogP) is 0.748. The first-order valence-electron chi connectivity index (χ1n) is 6.26. The molecule has 1 unspecified atom stereocenters. The lowest BCUT2D eigenvalue weighted by Crippen LogP contribution is -2.45. The number of sulfonamides is 1. The molecule has 0 aromatic carbocycles. The van der Waals surface area contributed by atoms with Crippen LogP contribution in [0.5, 0.6) is 0 Å². The fourth-order valence-electron chi connectivity index (χ4n) is 1.48. The summed E-state index contributed by atoms with van der Waals surface area (Å²) in [7, 11) is -2.40. The third-order valence-corrected chi connectivity index (χ3v) is 4.24. The zero-order valence-electron chi connectivity index (χ0n) is 12.3. The van der Waals surface area contributed by atoms with E-state index in [9.17, 15) is 18.0 Å². The predicted molar refractivity (Wildman–Crippen MR) is 73.7 cm³/mol. The highest BCUT2D eigenvalue weighted by atomic mass is 32.2. The molecule has 8 heteroatoms. The minimum Gasteiger partial charge on any atom is -0.481 e. The van der Waals surface area contributed by atoms with Gasteiger partial charge in [0.1, 0.15) is 0 Å². The van der Waals surface area contributed by atoms with E-state index < -0.39 is 33.4 Å². The smallest absolute Gasteiger partial charge is 0.305 e. The second-order valence-electron chi connectivity index (χ2n) is 5.63. The number of nitrogens with one attached hydrogen (secondary N) is 1. The molecule has 0 saturated carbocycles. The molecule has 0 rings (SSSR count). The molecule has 0 amide bonds. The molecule has 0 aliphatic carbocycles. The average molecular weight is 309 g/mol. The first-order valence-corrected chi connectivity index (χ1v) is 7.92. The fourth-order valence-corrected chi connectivity index (χ4v) is 3.00. The number of carboxylic acid groups (broad SMARTS) is 1. The van der Waals surface area contributed by atoms with Crippen molar-refractivity contribution in [1.82, 2.24) is 4.72 Å². The van der Waals surface area contributed by atoms with E-state index in [1.54, 1.807) is 20.8 Å². The Labute approximate surface area is 119 Å². The Hall–Kier alpha value is -1.15. The van der Waals surface area contributed by atoms with E-state index >= 15 is 0 Å². The second kappa shape index (κ2) is 7.58. The minimum absolute atomic E-state index is 0.0104. The van der Waals surface area contributed by atoms with Crippen molar-refractivity contribution in [3.63, 3.8) is 0 Å². The van der Waals surface area contributed by atoms with Crippen LogP contribution in [0.2, 0.25) is 0 Å². The summed E-state index contributed by atoms with van der Waals surface area (Å²) in [5.41, 5.74) is -0.520. The van der Waals surface area contributed by atoms with Crippen molar-refractivity contribution in [3.8, 4) is 0 Å². The second-order valence-corrected chi connectivity index (χ2v) is 7.51. The molecule has 7 nitrogen and oxygen atoms in total. The maximum atomic E-state index is 11.9. The van der Waals surface area contributed by atoms with Gasteiger partial charge in [-0.3, -0.25) is 9.59 Å². The van der Waals surface area contributed by atoms with Gasteiger partial charge in [0.2, 0.25) is 10.0 Å². The number of methoxy groups -OCH3 is 1.